The lowest BCUT2D eigenvalue weighted by molar-refractivity contribution is 0.0526. The van der Waals surface area contributed by atoms with Gasteiger partial charge in [-0.3, -0.25) is 0 Å². The van der Waals surface area contributed by atoms with E-state index >= 15 is 0 Å². The Bertz CT molecular complexity index is 296. The van der Waals surface area contributed by atoms with Crippen LogP contribution in [0.1, 0.15) is 47.0 Å². The van der Waals surface area contributed by atoms with E-state index in [1.54, 1.807) is 7.11 Å². The van der Waals surface area contributed by atoms with Crippen LogP contribution >= 0.6 is 11.8 Å². The highest BCUT2D eigenvalue weighted by Gasteiger charge is 2.16. The molecule has 0 aromatic carbocycles. The van der Waals surface area contributed by atoms with Crippen molar-refractivity contribution in [2.24, 2.45) is 0 Å². The van der Waals surface area contributed by atoms with Crippen LogP contribution in [0.5, 0.6) is 0 Å². The number of thioether (sulfide) groups is 1. The zero-order valence-corrected chi connectivity index (χ0v) is 15.8. The first kappa shape index (κ1) is 21.5. The molecule has 2 N–H and O–H groups in total. The Morgan fingerprint density at radius 3 is 2.50 bits per heavy atom. The second kappa shape index (κ2) is 12.0. The number of carbonyl (C=O) groups excluding carboxylic acids is 1. The van der Waals surface area contributed by atoms with Gasteiger partial charge in [-0.1, -0.05) is 0 Å². The highest BCUT2D eigenvalue weighted by molar-refractivity contribution is 7.98. The number of hydrogen-bond acceptors (Lipinski definition) is 5. The molecule has 0 fully saturated rings. The molecule has 0 radical (unpaired) electrons. The number of amides is 1. The third-order valence-electron chi connectivity index (χ3n) is 3.04. The minimum atomic E-state index is -0.447. The van der Waals surface area contributed by atoms with Crippen LogP contribution in [0.4, 0.5) is 4.79 Å². The summed E-state index contributed by atoms with van der Waals surface area (Å²) >= 11 is 1.87. The van der Waals surface area contributed by atoms with Crippen LogP contribution in [0.15, 0.2) is 0 Å². The van der Waals surface area contributed by atoms with E-state index in [0.717, 1.165) is 25.0 Å². The van der Waals surface area contributed by atoms with Crippen LogP contribution in [0.25, 0.3) is 0 Å². The molecule has 0 bridgehead atoms. The van der Waals surface area contributed by atoms with Gasteiger partial charge in [-0.15, -0.1) is 0 Å². The highest BCUT2D eigenvalue weighted by atomic mass is 32.2. The maximum Gasteiger partial charge on any atom is 0.407 e. The third kappa shape index (κ3) is 13.2. The first-order valence-electron chi connectivity index (χ1n) is 7.99. The normalized spacial score (nSPS) is 14.5. The number of methoxy groups -OCH3 is 1. The van der Waals surface area contributed by atoms with Gasteiger partial charge in [0.15, 0.2) is 0 Å². The zero-order valence-electron chi connectivity index (χ0n) is 15.0. The predicted octanol–water partition coefficient (Wildman–Crippen LogP) is 3.04. The van der Waals surface area contributed by atoms with Crippen LogP contribution < -0.4 is 10.6 Å². The van der Waals surface area contributed by atoms with Crippen molar-refractivity contribution >= 4 is 17.9 Å². The van der Waals surface area contributed by atoms with E-state index in [4.69, 9.17) is 9.47 Å². The molecule has 22 heavy (non-hydrogen) atoms. The van der Waals surface area contributed by atoms with Gasteiger partial charge in [-0.25, -0.2) is 4.79 Å². The molecule has 0 aromatic rings. The monoisotopic (exact) mass is 334 g/mol. The predicted molar refractivity (Wildman–Crippen MR) is 94.7 cm³/mol. The summed E-state index contributed by atoms with van der Waals surface area (Å²) in [6, 6.07) is 0.800. The molecule has 5 nitrogen and oxygen atoms in total. The van der Waals surface area contributed by atoms with Gasteiger partial charge in [0.25, 0.3) is 0 Å². The molecule has 0 aliphatic carbocycles. The minimum Gasteiger partial charge on any atom is -0.444 e. The Morgan fingerprint density at radius 1 is 1.27 bits per heavy atom. The van der Waals surface area contributed by atoms with E-state index in [2.05, 4.69) is 23.8 Å². The lowest BCUT2D eigenvalue weighted by atomic mass is 10.1. The first-order chi connectivity index (χ1) is 10.3. The molecule has 0 saturated carbocycles. The van der Waals surface area contributed by atoms with Crippen molar-refractivity contribution in [3.05, 3.63) is 0 Å². The molecule has 6 heteroatoms. The second-order valence-corrected chi connectivity index (χ2v) is 7.56. The molecule has 2 atom stereocenters. The molecule has 2 unspecified atom stereocenters. The van der Waals surface area contributed by atoms with Crippen molar-refractivity contribution in [1.82, 2.24) is 10.6 Å². The van der Waals surface area contributed by atoms with Crippen molar-refractivity contribution in [2.45, 2.75) is 64.6 Å². The van der Waals surface area contributed by atoms with Crippen molar-refractivity contribution in [2.75, 3.05) is 32.3 Å². The molecule has 0 aromatic heterocycles. The molecule has 1 amide bonds. The lowest BCUT2D eigenvalue weighted by Gasteiger charge is -2.23. The van der Waals surface area contributed by atoms with Crippen molar-refractivity contribution in [3.63, 3.8) is 0 Å². The van der Waals surface area contributed by atoms with Gasteiger partial charge < -0.3 is 20.1 Å². The average molecular weight is 335 g/mol. The van der Waals surface area contributed by atoms with Crippen LogP contribution in [0.2, 0.25) is 0 Å². The van der Waals surface area contributed by atoms with Crippen LogP contribution in [-0.4, -0.2) is 56.0 Å². The number of nitrogens with one attached hydrogen (secondary N) is 2. The van der Waals surface area contributed by atoms with Gasteiger partial charge in [0.2, 0.25) is 0 Å². The van der Waals surface area contributed by atoms with Crippen LogP contribution in [0, 0.1) is 0 Å². The first-order valence-corrected chi connectivity index (χ1v) is 9.38. The van der Waals surface area contributed by atoms with Gasteiger partial charge in [0, 0.05) is 25.7 Å². The lowest BCUT2D eigenvalue weighted by Crippen LogP contribution is -2.40. The van der Waals surface area contributed by atoms with Gasteiger partial charge in [0.1, 0.15) is 5.60 Å². The summed E-state index contributed by atoms with van der Waals surface area (Å²) in [5, 5.41) is 6.39. The van der Waals surface area contributed by atoms with Crippen molar-refractivity contribution < 1.29 is 14.3 Å². The third-order valence-corrected chi connectivity index (χ3v) is 3.68. The Balaban J connectivity index is 3.92. The molecule has 0 heterocycles. The fraction of sp³-hybridized carbons (Fsp3) is 0.938. The molecular formula is C16H34N2O3S. The topological polar surface area (TPSA) is 59.6 Å². The molecule has 0 aliphatic heterocycles. The molecule has 0 rings (SSSR count). The quantitative estimate of drug-likeness (QED) is 0.569. The van der Waals surface area contributed by atoms with E-state index in [9.17, 15) is 4.79 Å². The van der Waals surface area contributed by atoms with Gasteiger partial charge in [-0.2, -0.15) is 11.8 Å². The fourth-order valence-corrected chi connectivity index (χ4v) is 2.64. The summed E-state index contributed by atoms with van der Waals surface area (Å²) in [7, 11) is 1.72. The van der Waals surface area contributed by atoms with Gasteiger partial charge in [0.05, 0.1) is 6.61 Å². The SMILES string of the molecule is COCC(CCCNC(=O)OC(C)(C)C)NC(C)CCSC. The fourth-order valence-electron chi connectivity index (χ4n) is 2.05. The van der Waals surface area contributed by atoms with Crippen LogP contribution in [0.3, 0.4) is 0 Å². The molecule has 132 valence electrons. The minimum absolute atomic E-state index is 0.322. The van der Waals surface area contributed by atoms with E-state index in [1.807, 2.05) is 32.5 Å². The number of ether oxygens (including phenoxy) is 2. The summed E-state index contributed by atoms with van der Waals surface area (Å²) in [4.78, 5) is 11.5. The van der Waals surface area contributed by atoms with E-state index in [-0.39, 0.29) is 6.09 Å². The Hall–Kier alpha value is -0.460. The number of carbonyl (C=O) groups is 1. The molecule has 0 saturated heterocycles. The van der Waals surface area contributed by atoms with E-state index in [0.29, 0.717) is 25.2 Å². The van der Waals surface area contributed by atoms with E-state index in [1.165, 1.54) is 0 Å². The highest BCUT2D eigenvalue weighted by Crippen LogP contribution is 2.07. The smallest absolute Gasteiger partial charge is 0.407 e. The standard InChI is InChI=1S/C16H34N2O3S/c1-13(9-11-22-6)18-14(12-20-5)8-7-10-17-15(19)21-16(2,3)4/h13-14,18H,7-12H2,1-6H3,(H,17,19). The summed E-state index contributed by atoms with van der Waals surface area (Å²) < 4.78 is 10.5. The van der Waals surface area contributed by atoms with Crippen molar-refractivity contribution in [3.8, 4) is 0 Å². The maximum absolute atomic E-state index is 11.5. The number of alkyl carbamates (subject to hydrolysis) is 1. The summed E-state index contributed by atoms with van der Waals surface area (Å²) in [5.41, 5.74) is -0.447. The second-order valence-electron chi connectivity index (χ2n) is 6.57. The Kier molecular flexibility index (Phi) is 11.8. The molecule has 0 aliphatic rings. The Labute approximate surface area is 140 Å². The largest absolute Gasteiger partial charge is 0.444 e. The molecular weight excluding hydrogens is 300 g/mol. The molecule has 0 spiro atoms. The number of rotatable bonds is 11. The van der Waals surface area contributed by atoms with E-state index < -0.39 is 5.60 Å². The summed E-state index contributed by atoms with van der Waals surface area (Å²) in [5.74, 6) is 1.16. The average Bonchev–Trinajstić information content (AvgIpc) is 2.39. The zero-order chi connectivity index (χ0) is 17.0. The van der Waals surface area contributed by atoms with Crippen molar-refractivity contribution in [1.29, 1.82) is 0 Å². The maximum atomic E-state index is 11.5. The number of hydrogen-bond donors (Lipinski definition) is 2. The Morgan fingerprint density at radius 2 is 1.95 bits per heavy atom. The van der Waals surface area contributed by atoms with Gasteiger partial charge in [-0.05, 0) is 59.0 Å². The summed E-state index contributed by atoms with van der Waals surface area (Å²) in [6.07, 6.45) is 4.79. The summed E-state index contributed by atoms with van der Waals surface area (Å²) in [6.45, 7) is 9.10. The van der Waals surface area contributed by atoms with Gasteiger partial charge >= 0.3 is 6.09 Å². The van der Waals surface area contributed by atoms with Crippen LogP contribution in [-0.2, 0) is 9.47 Å².